The van der Waals surface area contributed by atoms with E-state index >= 15 is 0 Å². The molecule has 1 aliphatic carbocycles. The van der Waals surface area contributed by atoms with Gasteiger partial charge in [0, 0.05) is 24.9 Å². The first-order valence-electron chi connectivity index (χ1n) is 9.65. The number of allylic oxidation sites excluding steroid dienone is 4. The van der Waals surface area contributed by atoms with Crippen molar-refractivity contribution in [1.29, 1.82) is 0 Å². The van der Waals surface area contributed by atoms with Gasteiger partial charge < -0.3 is 10.4 Å². The fourth-order valence-electron chi connectivity index (χ4n) is 3.74. The maximum atomic E-state index is 12.2. The number of carbonyl (C=O) groups is 1. The summed E-state index contributed by atoms with van der Waals surface area (Å²) in [5.41, 5.74) is 2.46. The molecule has 142 valence electrons. The largest absolute Gasteiger partial charge is 0.387 e. The van der Waals surface area contributed by atoms with E-state index in [1.54, 1.807) is 6.08 Å². The van der Waals surface area contributed by atoms with Crippen LogP contribution in [0, 0.1) is 11.3 Å². The van der Waals surface area contributed by atoms with Crippen molar-refractivity contribution >= 4 is 5.78 Å². The van der Waals surface area contributed by atoms with Crippen LogP contribution in [0.2, 0.25) is 0 Å². The number of rotatable bonds is 8. The SMILES string of the molecule is CC1=CCCC(C)(C)C1/C=C/C(=O)CCNC(C)C(O)c1ccccc1. The Labute approximate surface area is 158 Å². The molecule has 3 heteroatoms. The van der Waals surface area contributed by atoms with Crippen molar-refractivity contribution in [1.82, 2.24) is 5.32 Å². The van der Waals surface area contributed by atoms with Gasteiger partial charge in [-0.2, -0.15) is 0 Å². The van der Waals surface area contributed by atoms with Gasteiger partial charge in [-0.05, 0) is 43.7 Å². The van der Waals surface area contributed by atoms with Gasteiger partial charge in [0.05, 0.1) is 6.10 Å². The summed E-state index contributed by atoms with van der Waals surface area (Å²) in [4.78, 5) is 12.2. The number of nitrogens with one attached hydrogen (secondary N) is 1. The normalized spacial score (nSPS) is 22.0. The van der Waals surface area contributed by atoms with E-state index in [4.69, 9.17) is 0 Å². The number of hydrogen-bond acceptors (Lipinski definition) is 3. The van der Waals surface area contributed by atoms with Crippen molar-refractivity contribution < 1.29 is 9.90 Å². The molecule has 1 aliphatic rings. The predicted molar refractivity (Wildman–Crippen MR) is 108 cm³/mol. The Hall–Kier alpha value is -1.71. The summed E-state index contributed by atoms with van der Waals surface area (Å²) in [7, 11) is 0. The van der Waals surface area contributed by atoms with Crippen LogP contribution in [0.4, 0.5) is 0 Å². The smallest absolute Gasteiger partial charge is 0.156 e. The average Bonchev–Trinajstić information content (AvgIpc) is 2.60. The van der Waals surface area contributed by atoms with Crippen LogP contribution in [0.3, 0.4) is 0 Å². The Morgan fingerprint density at radius 2 is 2.04 bits per heavy atom. The van der Waals surface area contributed by atoms with Crippen molar-refractivity contribution in [2.24, 2.45) is 11.3 Å². The Kier molecular flexibility index (Phi) is 7.36. The maximum absolute atomic E-state index is 12.2. The summed E-state index contributed by atoms with van der Waals surface area (Å²) in [5.74, 6) is 0.472. The highest BCUT2D eigenvalue weighted by atomic mass is 16.3. The first-order valence-corrected chi connectivity index (χ1v) is 9.65. The summed E-state index contributed by atoms with van der Waals surface area (Å²) >= 11 is 0. The Bertz CT molecular complexity index is 645. The van der Waals surface area contributed by atoms with Crippen LogP contribution in [0.5, 0.6) is 0 Å². The van der Waals surface area contributed by atoms with Gasteiger partial charge in [-0.15, -0.1) is 0 Å². The number of carbonyl (C=O) groups excluding carboxylic acids is 1. The lowest BCUT2D eigenvalue weighted by Crippen LogP contribution is -2.33. The first kappa shape index (κ1) is 20.6. The lowest BCUT2D eigenvalue weighted by Gasteiger charge is -2.36. The summed E-state index contributed by atoms with van der Waals surface area (Å²) in [6, 6.07) is 9.50. The second-order valence-electron chi connectivity index (χ2n) is 8.13. The monoisotopic (exact) mass is 355 g/mol. The molecule has 0 aromatic heterocycles. The topological polar surface area (TPSA) is 49.3 Å². The first-order chi connectivity index (χ1) is 12.3. The fourth-order valence-corrected chi connectivity index (χ4v) is 3.74. The molecule has 0 radical (unpaired) electrons. The van der Waals surface area contributed by atoms with E-state index in [9.17, 15) is 9.90 Å². The molecule has 0 bridgehead atoms. The zero-order valence-corrected chi connectivity index (χ0v) is 16.5. The molecule has 2 rings (SSSR count). The van der Waals surface area contributed by atoms with Gasteiger partial charge in [0.2, 0.25) is 0 Å². The summed E-state index contributed by atoms with van der Waals surface area (Å²) in [6.45, 7) is 9.22. The third-order valence-corrected chi connectivity index (χ3v) is 5.51. The third-order valence-electron chi connectivity index (χ3n) is 5.51. The van der Waals surface area contributed by atoms with E-state index < -0.39 is 6.10 Å². The minimum absolute atomic E-state index is 0.100. The minimum Gasteiger partial charge on any atom is -0.387 e. The number of ketones is 1. The van der Waals surface area contributed by atoms with Crippen molar-refractivity contribution in [3.05, 3.63) is 59.7 Å². The lowest BCUT2D eigenvalue weighted by molar-refractivity contribution is -0.114. The molecular formula is C23H33NO2. The van der Waals surface area contributed by atoms with E-state index in [2.05, 4.69) is 38.2 Å². The van der Waals surface area contributed by atoms with E-state index in [1.165, 1.54) is 5.57 Å². The van der Waals surface area contributed by atoms with Gasteiger partial charge in [-0.25, -0.2) is 0 Å². The lowest BCUT2D eigenvalue weighted by atomic mass is 9.68. The zero-order valence-electron chi connectivity index (χ0n) is 16.5. The van der Waals surface area contributed by atoms with Crippen molar-refractivity contribution in [3.63, 3.8) is 0 Å². The number of hydrogen-bond donors (Lipinski definition) is 2. The zero-order chi connectivity index (χ0) is 19.2. The van der Waals surface area contributed by atoms with E-state index in [1.807, 2.05) is 37.3 Å². The molecule has 0 spiro atoms. The van der Waals surface area contributed by atoms with Gasteiger partial charge in [-0.3, -0.25) is 4.79 Å². The van der Waals surface area contributed by atoms with Crippen LogP contribution >= 0.6 is 0 Å². The molecule has 0 saturated carbocycles. The summed E-state index contributed by atoms with van der Waals surface area (Å²) < 4.78 is 0. The van der Waals surface area contributed by atoms with Crippen molar-refractivity contribution in [3.8, 4) is 0 Å². The van der Waals surface area contributed by atoms with Gasteiger partial charge in [0.1, 0.15) is 0 Å². The molecule has 2 N–H and O–H groups in total. The molecule has 3 unspecified atom stereocenters. The van der Waals surface area contributed by atoms with E-state index in [0.29, 0.717) is 18.9 Å². The quantitative estimate of drug-likeness (QED) is 0.529. The van der Waals surface area contributed by atoms with Gasteiger partial charge in [0.15, 0.2) is 5.78 Å². The standard InChI is InChI=1S/C23H33NO2/c1-17-9-8-15-23(3,4)21(17)13-12-20(25)14-16-24-18(2)22(26)19-10-6-5-7-11-19/h5-7,9-13,18,21-22,24,26H,8,14-16H2,1-4H3/b13-12+. The number of aliphatic hydroxyl groups is 1. The van der Waals surface area contributed by atoms with Crippen LogP contribution < -0.4 is 5.32 Å². The molecule has 0 fully saturated rings. The van der Waals surface area contributed by atoms with Crippen LogP contribution in [-0.4, -0.2) is 23.5 Å². The molecule has 0 heterocycles. The molecule has 0 aliphatic heterocycles. The van der Waals surface area contributed by atoms with Gasteiger partial charge >= 0.3 is 0 Å². The highest BCUT2D eigenvalue weighted by molar-refractivity contribution is 5.89. The highest BCUT2D eigenvalue weighted by Crippen LogP contribution is 2.41. The molecule has 3 nitrogen and oxygen atoms in total. The molecule has 0 amide bonds. The molecule has 26 heavy (non-hydrogen) atoms. The van der Waals surface area contributed by atoms with E-state index in [-0.39, 0.29) is 17.2 Å². The average molecular weight is 356 g/mol. The molecule has 0 saturated heterocycles. The minimum atomic E-state index is -0.572. The summed E-state index contributed by atoms with van der Waals surface area (Å²) in [6.07, 6.45) is 8.27. The van der Waals surface area contributed by atoms with Gasteiger partial charge in [0.25, 0.3) is 0 Å². The second-order valence-corrected chi connectivity index (χ2v) is 8.13. The molecule has 1 aromatic carbocycles. The molecule has 3 atom stereocenters. The Balaban J connectivity index is 1.80. The van der Waals surface area contributed by atoms with Crippen molar-refractivity contribution in [2.45, 2.75) is 59.1 Å². The second kappa shape index (κ2) is 9.29. The van der Waals surface area contributed by atoms with Crippen LogP contribution in [0.25, 0.3) is 0 Å². The van der Waals surface area contributed by atoms with Gasteiger partial charge in [-0.1, -0.05) is 61.9 Å². The predicted octanol–water partition coefficient (Wildman–Crippen LogP) is 4.60. The highest BCUT2D eigenvalue weighted by Gasteiger charge is 2.30. The third kappa shape index (κ3) is 5.65. The molecule has 1 aromatic rings. The van der Waals surface area contributed by atoms with E-state index in [0.717, 1.165) is 18.4 Å². The molecular weight excluding hydrogens is 322 g/mol. The Morgan fingerprint density at radius 3 is 2.69 bits per heavy atom. The van der Waals surface area contributed by atoms with Crippen LogP contribution in [-0.2, 0) is 4.79 Å². The fraction of sp³-hybridized carbons (Fsp3) is 0.522. The number of benzene rings is 1. The van der Waals surface area contributed by atoms with Crippen LogP contribution in [0.15, 0.2) is 54.1 Å². The maximum Gasteiger partial charge on any atom is 0.156 e. The van der Waals surface area contributed by atoms with Crippen LogP contribution in [0.1, 0.15) is 58.6 Å². The Morgan fingerprint density at radius 1 is 1.35 bits per heavy atom. The number of aliphatic hydroxyl groups excluding tert-OH is 1. The van der Waals surface area contributed by atoms with Crippen molar-refractivity contribution in [2.75, 3.05) is 6.54 Å². The summed E-state index contributed by atoms with van der Waals surface area (Å²) in [5, 5.41) is 13.6.